The molecule has 0 saturated carbocycles. The molecular formula is C24H32N2. The van der Waals surface area contributed by atoms with E-state index in [1.165, 1.54) is 41.2 Å². The van der Waals surface area contributed by atoms with E-state index in [0.717, 1.165) is 6.54 Å². The maximum Gasteiger partial charge on any atom is 0.0346 e. The number of rotatable bonds is 8. The van der Waals surface area contributed by atoms with E-state index in [0.29, 0.717) is 12.0 Å². The number of aromatic nitrogens is 1. The molecule has 3 rings (SSSR count). The van der Waals surface area contributed by atoms with Gasteiger partial charge in [-0.2, -0.15) is 0 Å². The summed E-state index contributed by atoms with van der Waals surface area (Å²) in [5.74, 6) is 0.641. The summed E-state index contributed by atoms with van der Waals surface area (Å²) in [6, 6.07) is 20.1. The van der Waals surface area contributed by atoms with Crippen LogP contribution in [0, 0.1) is 0 Å². The van der Waals surface area contributed by atoms with E-state index < -0.39 is 0 Å². The molecule has 0 unspecified atom stereocenters. The van der Waals surface area contributed by atoms with Crippen molar-refractivity contribution in [1.29, 1.82) is 0 Å². The molecule has 0 radical (unpaired) electrons. The summed E-state index contributed by atoms with van der Waals surface area (Å²) in [4.78, 5) is 4.17. The van der Waals surface area contributed by atoms with E-state index in [2.05, 4.69) is 78.7 Å². The van der Waals surface area contributed by atoms with Gasteiger partial charge in [0.15, 0.2) is 0 Å². The molecule has 26 heavy (non-hydrogen) atoms. The molecule has 0 bridgehead atoms. The minimum absolute atomic E-state index is 0. The number of fused-ring (bicyclic) bond motifs is 1. The second-order valence-electron chi connectivity index (χ2n) is 7.08. The van der Waals surface area contributed by atoms with Crippen LogP contribution in [0.15, 0.2) is 67.0 Å². The van der Waals surface area contributed by atoms with Crippen LogP contribution in [-0.4, -0.2) is 11.0 Å². The normalized spacial score (nSPS) is 13.2. The Labute approximate surface area is 158 Å². The van der Waals surface area contributed by atoms with Gasteiger partial charge < -0.3 is 5.32 Å². The Kier molecular flexibility index (Phi) is 7.80. The minimum Gasteiger partial charge on any atom is -0.310 e. The second kappa shape index (κ2) is 10.1. The van der Waals surface area contributed by atoms with Crippen molar-refractivity contribution < 1.29 is 0 Å². The van der Waals surface area contributed by atoms with Gasteiger partial charge in [-0.1, -0.05) is 63.2 Å². The summed E-state index contributed by atoms with van der Waals surface area (Å²) < 4.78 is 0. The van der Waals surface area contributed by atoms with Gasteiger partial charge in [0.2, 0.25) is 0 Å². The van der Waals surface area contributed by atoms with Crippen LogP contribution in [0.2, 0.25) is 0 Å². The molecule has 0 saturated heterocycles. The molecule has 1 N–H and O–H groups in total. The molecule has 2 nitrogen and oxygen atoms in total. The first-order valence-corrected chi connectivity index (χ1v) is 9.33. The maximum absolute atomic E-state index is 4.17. The number of nitrogens with one attached hydrogen (secondary N) is 1. The quantitative estimate of drug-likeness (QED) is 0.515. The highest BCUT2D eigenvalue weighted by atomic mass is 14.9. The molecule has 1 aromatic heterocycles. The highest BCUT2D eigenvalue weighted by Gasteiger charge is 2.07. The predicted octanol–water partition coefficient (Wildman–Crippen LogP) is 6.32. The summed E-state index contributed by atoms with van der Waals surface area (Å²) in [5.41, 5.74) is 2.79. The van der Waals surface area contributed by atoms with Crippen molar-refractivity contribution in [2.75, 3.05) is 0 Å². The summed E-state index contributed by atoms with van der Waals surface area (Å²) in [5, 5.41) is 6.13. The monoisotopic (exact) mass is 348 g/mol. The van der Waals surface area contributed by atoms with Gasteiger partial charge in [-0.05, 0) is 54.3 Å². The van der Waals surface area contributed by atoms with Crippen LogP contribution in [0.5, 0.6) is 0 Å². The zero-order valence-corrected chi connectivity index (χ0v) is 15.3. The van der Waals surface area contributed by atoms with Crippen molar-refractivity contribution in [2.24, 2.45) is 0 Å². The molecule has 2 atom stereocenters. The van der Waals surface area contributed by atoms with Crippen molar-refractivity contribution in [3.63, 3.8) is 0 Å². The first kappa shape index (κ1) is 20.1. The predicted molar refractivity (Wildman–Crippen MR) is 113 cm³/mol. The third-order valence-corrected chi connectivity index (χ3v) is 5.00. The highest BCUT2D eigenvalue weighted by Crippen LogP contribution is 2.21. The Bertz CT molecular complexity index is 782. The molecule has 2 heteroatoms. The number of hydrogen-bond acceptors (Lipinski definition) is 2. The van der Waals surface area contributed by atoms with E-state index in [1.807, 2.05) is 12.4 Å². The molecule has 0 fully saturated rings. The number of nitrogens with zero attached hydrogens (tertiary/aromatic N) is 1. The average molecular weight is 349 g/mol. The molecule has 1 heterocycles. The summed E-state index contributed by atoms with van der Waals surface area (Å²) in [7, 11) is 0. The van der Waals surface area contributed by atoms with Crippen LogP contribution >= 0.6 is 0 Å². The van der Waals surface area contributed by atoms with Crippen molar-refractivity contribution in [3.8, 4) is 0 Å². The van der Waals surface area contributed by atoms with E-state index in [4.69, 9.17) is 0 Å². The fraction of sp³-hybridized carbons (Fsp3) is 0.375. The van der Waals surface area contributed by atoms with Crippen LogP contribution < -0.4 is 5.32 Å². The van der Waals surface area contributed by atoms with Gasteiger partial charge in [-0.15, -0.1) is 0 Å². The standard InChI is InChI=1S/C23H28N2.CH4/c1-18(21-9-4-3-5-10-21)7-6-8-19(2)25-16-20-11-12-23-17-24-14-13-22(23)15-20;/h3-5,9-15,17-19,25H,6-8,16H2,1-2H3;1H4/t18-,19+;/m0./s1. The van der Waals surface area contributed by atoms with Gasteiger partial charge in [0.1, 0.15) is 0 Å². The average Bonchev–Trinajstić information content (AvgIpc) is 2.67. The number of pyridine rings is 1. The third-order valence-electron chi connectivity index (χ3n) is 5.00. The Balaban J connectivity index is 0.00000243. The molecule has 0 spiro atoms. The lowest BCUT2D eigenvalue weighted by Crippen LogP contribution is -2.25. The van der Waals surface area contributed by atoms with Crippen molar-refractivity contribution >= 4 is 10.8 Å². The van der Waals surface area contributed by atoms with Crippen molar-refractivity contribution in [3.05, 3.63) is 78.1 Å². The lowest BCUT2D eigenvalue weighted by atomic mass is 9.94. The first-order valence-electron chi connectivity index (χ1n) is 9.33. The fourth-order valence-electron chi connectivity index (χ4n) is 3.32. The molecule has 2 aromatic carbocycles. The highest BCUT2D eigenvalue weighted by molar-refractivity contribution is 5.81. The van der Waals surface area contributed by atoms with Gasteiger partial charge in [-0.3, -0.25) is 4.98 Å². The second-order valence-corrected chi connectivity index (χ2v) is 7.08. The summed E-state index contributed by atoms with van der Waals surface area (Å²) in [6.07, 6.45) is 7.50. The van der Waals surface area contributed by atoms with Crippen LogP contribution in [0.1, 0.15) is 57.6 Å². The number of benzene rings is 2. The van der Waals surface area contributed by atoms with Crippen LogP contribution in [0.4, 0.5) is 0 Å². The molecule has 3 aromatic rings. The van der Waals surface area contributed by atoms with Gasteiger partial charge in [0.05, 0.1) is 0 Å². The van der Waals surface area contributed by atoms with E-state index in [1.54, 1.807) is 0 Å². The maximum atomic E-state index is 4.17. The first-order chi connectivity index (χ1) is 12.2. The summed E-state index contributed by atoms with van der Waals surface area (Å²) >= 11 is 0. The number of hydrogen-bond donors (Lipinski definition) is 1. The van der Waals surface area contributed by atoms with Crippen molar-refractivity contribution in [2.45, 2.75) is 59.0 Å². The topological polar surface area (TPSA) is 24.9 Å². The van der Waals surface area contributed by atoms with E-state index in [-0.39, 0.29) is 7.43 Å². The van der Waals surface area contributed by atoms with Crippen LogP contribution in [-0.2, 0) is 6.54 Å². The Hall–Kier alpha value is -2.19. The molecule has 0 aliphatic carbocycles. The Morgan fingerprint density at radius 1 is 0.923 bits per heavy atom. The molecule has 0 amide bonds. The minimum atomic E-state index is 0. The van der Waals surface area contributed by atoms with Crippen LogP contribution in [0.3, 0.4) is 0 Å². The Morgan fingerprint density at radius 3 is 2.54 bits per heavy atom. The van der Waals surface area contributed by atoms with Crippen molar-refractivity contribution in [1.82, 2.24) is 10.3 Å². The zero-order chi connectivity index (χ0) is 17.5. The molecular weight excluding hydrogens is 316 g/mol. The van der Waals surface area contributed by atoms with Crippen LogP contribution in [0.25, 0.3) is 10.8 Å². The SMILES string of the molecule is C.C[C@H](CCC[C@H](C)c1ccccc1)NCc1ccc2cnccc2c1. The van der Waals surface area contributed by atoms with Gasteiger partial charge in [-0.25, -0.2) is 0 Å². The fourth-order valence-corrected chi connectivity index (χ4v) is 3.32. The van der Waals surface area contributed by atoms with Gasteiger partial charge >= 0.3 is 0 Å². The largest absolute Gasteiger partial charge is 0.310 e. The third kappa shape index (κ3) is 5.67. The van der Waals surface area contributed by atoms with Gasteiger partial charge in [0, 0.05) is 30.4 Å². The van der Waals surface area contributed by atoms with E-state index in [9.17, 15) is 0 Å². The smallest absolute Gasteiger partial charge is 0.0346 e. The molecule has 0 aliphatic heterocycles. The van der Waals surface area contributed by atoms with E-state index >= 15 is 0 Å². The summed E-state index contributed by atoms with van der Waals surface area (Å²) in [6.45, 7) is 5.54. The molecule has 0 aliphatic rings. The Morgan fingerprint density at radius 2 is 1.73 bits per heavy atom. The molecule has 138 valence electrons. The van der Waals surface area contributed by atoms with Gasteiger partial charge in [0.25, 0.3) is 0 Å². The lowest BCUT2D eigenvalue weighted by Gasteiger charge is -2.16. The lowest BCUT2D eigenvalue weighted by molar-refractivity contribution is 0.476. The zero-order valence-electron chi connectivity index (χ0n) is 15.3.